The summed E-state index contributed by atoms with van der Waals surface area (Å²) in [5.74, 6) is -3.02. The Kier molecular flexibility index (Phi) is 3.17. The lowest BCUT2D eigenvalue weighted by Crippen LogP contribution is -2.27. The van der Waals surface area contributed by atoms with Crippen molar-refractivity contribution < 1.29 is 19.0 Å². The summed E-state index contributed by atoms with van der Waals surface area (Å²) < 4.78 is 26.9. The second-order valence-corrected chi connectivity index (χ2v) is 5.61. The predicted molar refractivity (Wildman–Crippen MR) is 73.8 cm³/mol. The molecule has 2 N–H and O–H groups in total. The van der Waals surface area contributed by atoms with Gasteiger partial charge in [-0.25, -0.2) is 8.78 Å². The smallest absolute Gasteiger partial charge is 0.187 e. The second-order valence-electron chi connectivity index (χ2n) is 5.61. The zero-order valence-corrected chi connectivity index (χ0v) is 11.5. The molecule has 0 saturated heterocycles. The monoisotopic (exact) mass is 291 g/mol. The van der Waals surface area contributed by atoms with Crippen LogP contribution in [0.3, 0.4) is 0 Å². The number of aromatic hydroxyl groups is 1. The van der Waals surface area contributed by atoms with Crippen molar-refractivity contribution in [3.8, 4) is 17.0 Å². The highest BCUT2D eigenvalue weighted by Gasteiger charge is 2.30. The fourth-order valence-electron chi connectivity index (χ4n) is 2.79. The number of pyridine rings is 1. The van der Waals surface area contributed by atoms with Crippen LogP contribution in [0.25, 0.3) is 11.3 Å². The molecule has 5 heteroatoms. The van der Waals surface area contributed by atoms with E-state index in [1.165, 1.54) is 0 Å². The molecule has 1 unspecified atom stereocenters. The van der Waals surface area contributed by atoms with E-state index in [1.807, 2.05) is 0 Å². The Bertz CT molecular complexity index is 690. The third-order valence-corrected chi connectivity index (χ3v) is 3.94. The summed E-state index contributed by atoms with van der Waals surface area (Å²) in [6.07, 6.45) is 2.21. The van der Waals surface area contributed by atoms with Crippen LogP contribution in [0, 0.1) is 11.6 Å². The first-order valence-corrected chi connectivity index (χ1v) is 6.79. The number of aromatic nitrogens is 1. The van der Waals surface area contributed by atoms with Crippen LogP contribution in [0.15, 0.2) is 24.3 Å². The summed E-state index contributed by atoms with van der Waals surface area (Å²) in [5, 5.41) is 19.5. The highest BCUT2D eigenvalue weighted by molar-refractivity contribution is 5.61. The third-order valence-electron chi connectivity index (χ3n) is 3.94. The molecule has 1 aromatic heterocycles. The second kappa shape index (κ2) is 4.77. The zero-order chi connectivity index (χ0) is 15.2. The number of aryl methyl sites for hydroxylation is 1. The number of rotatable bonds is 1. The number of phenolic OH excluding ortho intramolecular Hbond substituents is 1. The molecule has 1 heterocycles. The Hall–Kier alpha value is -2.01. The third kappa shape index (κ3) is 2.38. The van der Waals surface area contributed by atoms with Crippen molar-refractivity contribution in [1.29, 1.82) is 0 Å². The van der Waals surface area contributed by atoms with Crippen LogP contribution in [0.2, 0.25) is 0 Å². The molecule has 1 atom stereocenters. The van der Waals surface area contributed by atoms with E-state index < -0.39 is 23.0 Å². The molecule has 0 spiro atoms. The van der Waals surface area contributed by atoms with Crippen molar-refractivity contribution >= 4 is 0 Å². The number of halogens is 2. The van der Waals surface area contributed by atoms with Gasteiger partial charge in [-0.3, -0.25) is 4.98 Å². The number of aliphatic hydroxyl groups is 1. The van der Waals surface area contributed by atoms with Gasteiger partial charge in [0.25, 0.3) is 0 Å². The van der Waals surface area contributed by atoms with Gasteiger partial charge in [0.05, 0.1) is 11.3 Å². The van der Waals surface area contributed by atoms with Gasteiger partial charge in [0, 0.05) is 16.8 Å². The molecule has 0 bridgehead atoms. The Morgan fingerprint density at radius 3 is 2.52 bits per heavy atom. The molecule has 0 fully saturated rings. The van der Waals surface area contributed by atoms with Crippen LogP contribution in [-0.4, -0.2) is 15.2 Å². The Morgan fingerprint density at radius 1 is 1.19 bits per heavy atom. The standard InChI is InChI=1S/C16H15F2NO2/c1-16(21)6-2-3-14-10(16)4-5-13(19-14)9-7-11(17)15(20)12(18)8-9/h4-5,7-8,20-21H,2-3,6H2,1H3. The molecule has 110 valence electrons. The lowest BCUT2D eigenvalue weighted by molar-refractivity contribution is 0.0379. The van der Waals surface area contributed by atoms with Crippen molar-refractivity contribution in [3.05, 3.63) is 47.2 Å². The Morgan fingerprint density at radius 2 is 1.86 bits per heavy atom. The highest BCUT2D eigenvalue weighted by Crippen LogP contribution is 2.35. The Labute approximate surface area is 120 Å². The van der Waals surface area contributed by atoms with Crippen molar-refractivity contribution in [1.82, 2.24) is 4.98 Å². The van der Waals surface area contributed by atoms with Crippen molar-refractivity contribution in [3.63, 3.8) is 0 Å². The molecule has 1 aromatic carbocycles. The van der Waals surface area contributed by atoms with Gasteiger partial charge in [0.2, 0.25) is 0 Å². The van der Waals surface area contributed by atoms with Gasteiger partial charge in [0.15, 0.2) is 17.4 Å². The first-order valence-electron chi connectivity index (χ1n) is 6.79. The molecule has 0 radical (unpaired) electrons. The lowest BCUT2D eigenvalue weighted by Gasteiger charge is -2.30. The van der Waals surface area contributed by atoms with E-state index in [9.17, 15) is 13.9 Å². The molecule has 0 aliphatic heterocycles. The first-order chi connectivity index (χ1) is 9.88. The first kappa shape index (κ1) is 13.9. The number of benzene rings is 1. The number of phenols is 1. The van der Waals surface area contributed by atoms with Gasteiger partial charge < -0.3 is 10.2 Å². The van der Waals surface area contributed by atoms with Crippen LogP contribution in [0.1, 0.15) is 31.0 Å². The molecule has 1 aliphatic rings. The number of fused-ring (bicyclic) bond motifs is 1. The van der Waals surface area contributed by atoms with Gasteiger partial charge in [0.1, 0.15) is 0 Å². The Balaban J connectivity index is 2.09. The van der Waals surface area contributed by atoms with Crippen LogP contribution >= 0.6 is 0 Å². The SMILES string of the molecule is CC1(O)CCCc2nc(-c3cc(F)c(O)c(F)c3)ccc21. The van der Waals surface area contributed by atoms with Crippen LogP contribution in [-0.2, 0) is 12.0 Å². The average Bonchev–Trinajstić information content (AvgIpc) is 2.43. The van der Waals surface area contributed by atoms with E-state index in [0.29, 0.717) is 12.1 Å². The molecule has 2 aromatic rings. The van der Waals surface area contributed by atoms with E-state index in [-0.39, 0.29) is 5.56 Å². The van der Waals surface area contributed by atoms with E-state index in [4.69, 9.17) is 5.11 Å². The van der Waals surface area contributed by atoms with Crippen molar-refractivity contribution in [2.45, 2.75) is 31.8 Å². The van der Waals surface area contributed by atoms with Crippen molar-refractivity contribution in [2.75, 3.05) is 0 Å². The zero-order valence-electron chi connectivity index (χ0n) is 11.5. The minimum absolute atomic E-state index is 0.260. The van der Waals surface area contributed by atoms with Gasteiger partial charge in [-0.1, -0.05) is 6.07 Å². The normalized spacial score (nSPS) is 21.1. The molecule has 21 heavy (non-hydrogen) atoms. The van der Waals surface area contributed by atoms with Crippen LogP contribution in [0.4, 0.5) is 8.78 Å². The van der Waals surface area contributed by atoms with Crippen molar-refractivity contribution in [2.24, 2.45) is 0 Å². The summed E-state index contributed by atoms with van der Waals surface area (Å²) in [4.78, 5) is 4.42. The molecular weight excluding hydrogens is 276 g/mol. The van der Waals surface area contributed by atoms with E-state index in [1.54, 1.807) is 19.1 Å². The summed E-state index contributed by atoms with van der Waals surface area (Å²) >= 11 is 0. The fourth-order valence-corrected chi connectivity index (χ4v) is 2.79. The highest BCUT2D eigenvalue weighted by atomic mass is 19.1. The average molecular weight is 291 g/mol. The topological polar surface area (TPSA) is 53.4 Å². The summed E-state index contributed by atoms with van der Waals surface area (Å²) in [6.45, 7) is 1.74. The number of hydrogen-bond acceptors (Lipinski definition) is 3. The van der Waals surface area contributed by atoms with Crippen LogP contribution < -0.4 is 0 Å². The minimum atomic E-state index is -1.02. The van der Waals surface area contributed by atoms with Gasteiger partial charge >= 0.3 is 0 Å². The van der Waals surface area contributed by atoms with E-state index in [0.717, 1.165) is 36.2 Å². The number of nitrogens with zero attached hydrogens (tertiary/aromatic N) is 1. The van der Waals surface area contributed by atoms with Gasteiger partial charge in [-0.2, -0.15) is 0 Å². The predicted octanol–water partition coefficient (Wildman–Crippen LogP) is 3.28. The summed E-state index contributed by atoms with van der Waals surface area (Å²) in [7, 11) is 0. The number of hydrogen-bond donors (Lipinski definition) is 2. The maximum absolute atomic E-state index is 13.4. The largest absolute Gasteiger partial charge is 0.503 e. The fraction of sp³-hybridized carbons (Fsp3) is 0.312. The summed E-state index contributed by atoms with van der Waals surface area (Å²) in [5.41, 5.74) is 1.28. The molecule has 3 nitrogen and oxygen atoms in total. The molecular formula is C16H15F2NO2. The quantitative estimate of drug-likeness (QED) is 0.848. The van der Waals surface area contributed by atoms with Gasteiger partial charge in [-0.15, -0.1) is 0 Å². The molecule has 3 rings (SSSR count). The van der Waals surface area contributed by atoms with Crippen LogP contribution in [0.5, 0.6) is 5.75 Å². The molecule has 0 saturated carbocycles. The maximum Gasteiger partial charge on any atom is 0.187 e. The van der Waals surface area contributed by atoms with Gasteiger partial charge in [-0.05, 0) is 44.4 Å². The maximum atomic E-state index is 13.4. The molecule has 1 aliphatic carbocycles. The van der Waals surface area contributed by atoms with E-state index in [2.05, 4.69) is 4.98 Å². The lowest BCUT2D eigenvalue weighted by atomic mass is 9.83. The molecule has 0 amide bonds. The minimum Gasteiger partial charge on any atom is -0.503 e. The van der Waals surface area contributed by atoms with E-state index >= 15 is 0 Å². The summed E-state index contributed by atoms with van der Waals surface area (Å²) in [6, 6.07) is 5.48.